The molecular weight excluding hydrogens is 354 g/mol. The van der Waals surface area contributed by atoms with Gasteiger partial charge < -0.3 is 20.7 Å². The third-order valence-electron chi connectivity index (χ3n) is 5.73. The number of morpholine rings is 1. The number of nitrogens with zero attached hydrogens (tertiary/aromatic N) is 2. The van der Waals surface area contributed by atoms with Crippen molar-refractivity contribution in [2.75, 3.05) is 52.5 Å². The molecule has 0 aromatic heterocycles. The normalized spacial score (nSPS) is 21.2. The molecule has 1 saturated carbocycles. The Morgan fingerprint density at radius 3 is 2.29 bits per heavy atom. The van der Waals surface area contributed by atoms with E-state index in [0.29, 0.717) is 13.1 Å². The van der Waals surface area contributed by atoms with Gasteiger partial charge in [-0.05, 0) is 19.8 Å². The minimum Gasteiger partial charge on any atom is -0.379 e. The minimum atomic E-state index is -0.357. The molecule has 0 atom stereocenters. The van der Waals surface area contributed by atoms with Gasteiger partial charge in [-0.25, -0.2) is 0 Å². The molecule has 2 fully saturated rings. The van der Waals surface area contributed by atoms with E-state index < -0.39 is 0 Å². The summed E-state index contributed by atoms with van der Waals surface area (Å²) >= 11 is 0. The van der Waals surface area contributed by atoms with E-state index in [1.807, 2.05) is 20.8 Å². The first kappa shape index (κ1) is 22.9. The Labute approximate surface area is 171 Å². The highest BCUT2D eigenvalue weighted by atomic mass is 16.5. The number of carbonyl (C=O) groups is 1. The molecule has 7 nitrogen and oxygen atoms in total. The maximum absolute atomic E-state index is 12.0. The van der Waals surface area contributed by atoms with Gasteiger partial charge in [0.25, 0.3) is 0 Å². The van der Waals surface area contributed by atoms with E-state index in [1.165, 1.54) is 32.1 Å². The molecule has 2 aliphatic rings. The number of hydrogen-bond acceptors (Lipinski definition) is 4. The molecule has 0 unspecified atom stereocenters. The quantitative estimate of drug-likeness (QED) is 0.348. The summed E-state index contributed by atoms with van der Waals surface area (Å²) in [5.74, 6) is 0.912. The van der Waals surface area contributed by atoms with Crippen LogP contribution in [0.25, 0.3) is 0 Å². The van der Waals surface area contributed by atoms with Gasteiger partial charge in [-0.1, -0.05) is 40.0 Å². The van der Waals surface area contributed by atoms with Gasteiger partial charge in [0.1, 0.15) is 0 Å². The molecule has 0 bridgehead atoms. The van der Waals surface area contributed by atoms with Crippen molar-refractivity contribution in [3.8, 4) is 0 Å². The third-order valence-corrected chi connectivity index (χ3v) is 5.73. The summed E-state index contributed by atoms with van der Waals surface area (Å²) in [5, 5.41) is 9.69. The molecule has 1 aliphatic heterocycles. The van der Waals surface area contributed by atoms with Gasteiger partial charge in [0.15, 0.2) is 5.96 Å². The molecule has 0 aromatic carbocycles. The number of rotatable bonds is 7. The van der Waals surface area contributed by atoms with Gasteiger partial charge in [-0.3, -0.25) is 14.7 Å². The second kappa shape index (κ2) is 11.0. The Balaban J connectivity index is 1.92. The first-order valence-corrected chi connectivity index (χ1v) is 11.0. The molecule has 3 N–H and O–H groups in total. The number of ether oxygens (including phenoxy) is 1. The van der Waals surface area contributed by atoms with Crippen LogP contribution in [0.1, 0.15) is 59.8 Å². The van der Waals surface area contributed by atoms with Crippen molar-refractivity contribution in [2.24, 2.45) is 10.4 Å². The summed E-state index contributed by atoms with van der Waals surface area (Å²) in [5.41, 5.74) is -0.186. The van der Waals surface area contributed by atoms with Crippen molar-refractivity contribution in [1.82, 2.24) is 20.9 Å². The number of carbonyl (C=O) groups excluding carboxylic acids is 1. The summed E-state index contributed by atoms with van der Waals surface area (Å²) in [4.78, 5) is 19.6. The summed E-state index contributed by atoms with van der Waals surface area (Å²) in [6.07, 6.45) is 6.35. The average Bonchev–Trinajstić information content (AvgIpc) is 2.69. The lowest BCUT2D eigenvalue weighted by Crippen LogP contribution is -2.56. The van der Waals surface area contributed by atoms with Crippen LogP contribution < -0.4 is 16.0 Å². The molecule has 1 aliphatic carbocycles. The summed E-state index contributed by atoms with van der Waals surface area (Å²) in [7, 11) is 0. The van der Waals surface area contributed by atoms with Gasteiger partial charge in [-0.15, -0.1) is 0 Å². The monoisotopic (exact) mass is 395 g/mol. The van der Waals surface area contributed by atoms with Crippen molar-refractivity contribution >= 4 is 11.9 Å². The van der Waals surface area contributed by atoms with Gasteiger partial charge >= 0.3 is 0 Å². The highest BCUT2D eigenvalue weighted by molar-refractivity contribution is 5.81. The molecule has 7 heteroatoms. The van der Waals surface area contributed by atoms with Crippen LogP contribution in [0.4, 0.5) is 0 Å². The SMILES string of the molecule is CCNC(=NCC1(N2CCOCC2)CCCCC1)NCCNC(=O)C(C)(C)C. The van der Waals surface area contributed by atoms with Crippen LogP contribution in [0.2, 0.25) is 0 Å². The maximum atomic E-state index is 12.0. The van der Waals surface area contributed by atoms with Crippen molar-refractivity contribution in [3.63, 3.8) is 0 Å². The van der Waals surface area contributed by atoms with Crippen LogP contribution in [-0.2, 0) is 9.53 Å². The Morgan fingerprint density at radius 2 is 1.68 bits per heavy atom. The minimum absolute atomic E-state index is 0.0738. The average molecular weight is 396 g/mol. The van der Waals surface area contributed by atoms with Crippen LogP contribution in [0.3, 0.4) is 0 Å². The zero-order chi connectivity index (χ0) is 20.5. The summed E-state index contributed by atoms with van der Waals surface area (Å²) < 4.78 is 5.57. The smallest absolute Gasteiger partial charge is 0.225 e. The molecule has 0 spiro atoms. The fraction of sp³-hybridized carbons (Fsp3) is 0.905. The predicted molar refractivity (Wildman–Crippen MR) is 115 cm³/mol. The van der Waals surface area contributed by atoms with Crippen LogP contribution in [-0.4, -0.2) is 74.8 Å². The van der Waals surface area contributed by atoms with Gasteiger partial charge in [0.05, 0.1) is 19.8 Å². The number of aliphatic imine (C=N–C) groups is 1. The zero-order valence-corrected chi connectivity index (χ0v) is 18.4. The topological polar surface area (TPSA) is 78.0 Å². The molecule has 0 radical (unpaired) electrons. The highest BCUT2D eigenvalue weighted by Crippen LogP contribution is 2.34. The third kappa shape index (κ3) is 6.92. The molecule has 28 heavy (non-hydrogen) atoms. The van der Waals surface area contributed by atoms with E-state index in [4.69, 9.17) is 9.73 Å². The number of hydrogen-bond donors (Lipinski definition) is 3. The predicted octanol–water partition coefficient (Wildman–Crippen LogP) is 1.74. The van der Waals surface area contributed by atoms with Crippen LogP contribution in [0.15, 0.2) is 4.99 Å². The molecular formula is C21H41N5O2. The fourth-order valence-electron chi connectivity index (χ4n) is 4.01. The molecule has 1 saturated heterocycles. The van der Waals surface area contributed by atoms with E-state index in [9.17, 15) is 4.79 Å². The second-order valence-corrected chi connectivity index (χ2v) is 9.01. The van der Waals surface area contributed by atoms with Crippen LogP contribution in [0.5, 0.6) is 0 Å². The lowest BCUT2D eigenvalue weighted by Gasteiger charge is -2.47. The van der Waals surface area contributed by atoms with Gasteiger partial charge in [0, 0.05) is 43.7 Å². The first-order valence-electron chi connectivity index (χ1n) is 11.0. The van der Waals surface area contributed by atoms with Crippen LogP contribution >= 0.6 is 0 Å². The molecule has 0 aromatic rings. The maximum Gasteiger partial charge on any atom is 0.225 e. The van der Waals surface area contributed by atoms with E-state index in [-0.39, 0.29) is 16.9 Å². The van der Waals surface area contributed by atoms with E-state index in [0.717, 1.165) is 45.4 Å². The Morgan fingerprint density at radius 1 is 1.04 bits per heavy atom. The van der Waals surface area contributed by atoms with Crippen molar-refractivity contribution in [2.45, 2.75) is 65.3 Å². The molecule has 1 amide bonds. The summed E-state index contributed by atoms with van der Waals surface area (Å²) in [6.45, 7) is 14.4. The largest absolute Gasteiger partial charge is 0.379 e. The Bertz CT molecular complexity index is 503. The Kier molecular flexibility index (Phi) is 9.02. The van der Waals surface area contributed by atoms with Crippen molar-refractivity contribution in [3.05, 3.63) is 0 Å². The second-order valence-electron chi connectivity index (χ2n) is 9.01. The number of amides is 1. The zero-order valence-electron chi connectivity index (χ0n) is 18.4. The lowest BCUT2D eigenvalue weighted by molar-refractivity contribution is -0.128. The summed E-state index contributed by atoms with van der Waals surface area (Å²) in [6, 6.07) is 0. The van der Waals surface area contributed by atoms with Gasteiger partial charge in [-0.2, -0.15) is 0 Å². The van der Waals surface area contributed by atoms with E-state index >= 15 is 0 Å². The number of nitrogens with one attached hydrogen (secondary N) is 3. The van der Waals surface area contributed by atoms with Crippen molar-refractivity contribution < 1.29 is 9.53 Å². The number of guanidine groups is 1. The standard InChI is InChI=1S/C21H41N5O2/c1-5-22-19(24-12-11-23-18(27)20(2,3)4)25-17-21(9-7-6-8-10-21)26-13-15-28-16-14-26/h5-17H2,1-4H3,(H,23,27)(H2,22,24,25). The highest BCUT2D eigenvalue weighted by Gasteiger charge is 2.38. The molecule has 2 rings (SSSR count). The lowest BCUT2D eigenvalue weighted by atomic mass is 9.80. The van der Waals surface area contributed by atoms with Crippen molar-refractivity contribution in [1.29, 1.82) is 0 Å². The first-order chi connectivity index (χ1) is 13.4. The molecule has 162 valence electrons. The fourth-order valence-corrected chi connectivity index (χ4v) is 4.01. The van der Waals surface area contributed by atoms with E-state index in [2.05, 4.69) is 27.8 Å². The van der Waals surface area contributed by atoms with E-state index in [1.54, 1.807) is 0 Å². The van der Waals surface area contributed by atoms with Gasteiger partial charge in [0.2, 0.25) is 5.91 Å². The molecule has 1 heterocycles. The Hall–Kier alpha value is -1.34. The van der Waals surface area contributed by atoms with Crippen LogP contribution in [0, 0.1) is 5.41 Å².